The minimum atomic E-state index is -0.790. The highest BCUT2D eigenvalue weighted by Gasteiger charge is 2.38. The van der Waals surface area contributed by atoms with Crippen LogP contribution < -0.4 is 5.73 Å². The van der Waals surface area contributed by atoms with E-state index in [1.807, 2.05) is 0 Å². The first-order valence-corrected chi connectivity index (χ1v) is 5.75. The van der Waals surface area contributed by atoms with Crippen molar-refractivity contribution >= 4 is 5.78 Å². The molecular formula is C13H15F2NO. The van der Waals surface area contributed by atoms with Gasteiger partial charge in [-0.15, -0.1) is 0 Å². The summed E-state index contributed by atoms with van der Waals surface area (Å²) in [5.41, 5.74) is 5.46. The van der Waals surface area contributed by atoms with Crippen molar-refractivity contribution in [2.24, 2.45) is 11.1 Å². The molecule has 0 aliphatic heterocycles. The normalized spacial score (nSPS) is 17.6. The van der Waals surface area contributed by atoms with E-state index in [1.54, 1.807) is 0 Å². The van der Waals surface area contributed by atoms with E-state index in [4.69, 9.17) is 5.73 Å². The van der Waals surface area contributed by atoms with Gasteiger partial charge in [-0.3, -0.25) is 4.79 Å². The van der Waals surface area contributed by atoms with Crippen LogP contribution in [-0.2, 0) is 0 Å². The van der Waals surface area contributed by atoms with Crippen molar-refractivity contribution in [1.29, 1.82) is 0 Å². The molecule has 2 N–H and O–H groups in total. The fourth-order valence-corrected chi connectivity index (χ4v) is 2.28. The molecular weight excluding hydrogens is 224 g/mol. The van der Waals surface area contributed by atoms with Crippen molar-refractivity contribution in [2.45, 2.75) is 25.7 Å². The van der Waals surface area contributed by atoms with Crippen LogP contribution >= 0.6 is 0 Å². The van der Waals surface area contributed by atoms with E-state index < -0.39 is 11.6 Å². The maximum absolute atomic E-state index is 13.4. The second-order valence-corrected chi connectivity index (χ2v) is 4.78. The minimum absolute atomic E-state index is 0.0360. The zero-order valence-electron chi connectivity index (χ0n) is 9.51. The number of hydrogen-bond acceptors (Lipinski definition) is 2. The highest BCUT2D eigenvalue weighted by molar-refractivity contribution is 5.96. The smallest absolute Gasteiger partial charge is 0.166 e. The van der Waals surface area contributed by atoms with Gasteiger partial charge in [0.1, 0.15) is 11.6 Å². The Labute approximate surface area is 98.8 Å². The standard InChI is InChI=1S/C13H15F2NO/c14-9-2-3-10(11(15)6-9)12(17)7-13(8-16)4-1-5-13/h2-3,6H,1,4-5,7-8,16H2. The molecule has 2 nitrogen and oxygen atoms in total. The molecule has 1 aromatic carbocycles. The van der Waals surface area contributed by atoms with E-state index in [-0.39, 0.29) is 23.2 Å². The number of carbonyl (C=O) groups excluding carboxylic acids is 1. The van der Waals surface area contributed by atoms with E-state index in [1.165, 1.54) is 6.07 Å². The molecule has 1 aliphatic carbocycles. The van der Waals surface area contributed by atoms with Crippen LogP contribution in [0.15, 0.2) is 18.2 Å². The lowest BCUT2D eigenvalue weighted by Gasteiger charge is -2.40. The number of rotatable bonds is 4. The summed E-state index contributed by atoms with van der Waals surface area (Å²) in [5, 5.41) is 0. The second kappa shape index (κ2) is 4.53. The van der Waals surface area contributed by atoms with Crippen molar-refractivity contribution in [2.75, 3.05) is 6.54 Å². The van der Waals surface area contributed by atoms with Gasteiger partial charge < -0.3 is 5.73 Å². The zero-order valence-corrected chi connectivity index (χ0v) is 9.51. The molecule has 92 valence electrons. The summed E-state index contributed by atoms with van der Waals surface area (Å²) in [5.74, 6) is -1.75. The maximum Gasteiger partial charge on any atom is 0.166 e. The van der Waals surface area contributed by atoms with Gasteiger partial charge in [-0.2, -0.15) is 0 Å². The Morgan fingerprint density at radius 3 is 2.53 bits per heavy atom. The predicted octanol–water partition coefficient (Wildman–Crippen LogP) is 2.67. The largest absolute Gasteiger partial charge is 0.330 e. The summed E-state index contributed by atoms with van der Waals surface area (Å²) in [7, 11) is 0. The molecule has 1 fully saturated rings. The SMILES string of the molecule is NCC1(CC(=O)c2ccc(F)cc2F)CCC1. The topological polar surface area (TPSA) is 43.1 Å². The van der Waals surface area contributed by atoms with Crippen molar-refractivity contribution in [3.05, 3.63) is 35.4 Å². The van der Waals surface area contributed by atoms with Gasteiger partial charge in [-0.05, 0) is 36.9 Å². The van der Waals surface area contributed by atoms with Gasteiger partial charge >= 0.3 is 0 Å². The van der Waals surface area contributed by atoms with Gasteiger partial charge in [0.2, 0.25) is 0 Å². The van der Waals surface area contributed by atoms with Crippen LogP contribution in [0.5, 0.6) is 0 Å². The third kappa shape index (κ3) is 2.36. The van der Waals surface area contributed by atoms with E-state index >= 15 is 0 Å². The molecule has 0 bridgehead atoms. The van der Waals surface area contributed by atoms with Crippen molar-refractivity contribution < 1.29 is 13.6 Å². The van der Waals surface area contributed by atoms with Crippen molar-refractivity contribution in [3.63, 3.8) is 0 Å². The number of halogens is 2. The second-order valence-electron chi connectivity index (χ2n) is 4.78. The molecule has 17 heavy (non-hydrogen) atoms. The van der Waals surface area contributed by atoms with E-state index in [0.29, 0.717) is 6.54 Å². The van der Waals surface area contributed by atoms with Crippen LogP contribution in [0.1, 0.15) is 36.0 Å². The molecule has 0 aromatic heterocycles. The lowest BCUT2D eigenvalue weighted by molar-refractivity contribution is 0.0782. The minimum Gasteiger partial charge on any atom is -0.330 e. The number of nitrogens with two attached hydrogens (primary N) is 1. The Balaban J connectivity index is 2.14. The first-order chi connectivity index (χ1) is 8.06. The average molecular weight is 239 g/mol. The summed E-state index contributed by atoms with van der Waals surface area (Å²) in [4.78, 5) is 11.9. The third-order valence-electron chi connectivity index (χ3n) is 3.61. The molecule has 0 saturated heterocycles. The number of benzene rings is 1. The average Bonchev–Trinajstić information content (AvgIpc) is 2.23. The molecule has 0 amide bonds. The van der Waals surface area contributed by atoms with E-state index in [0.717, 1.165) is 31.4 Å². The molecule has 4 heteroatoms. The van der Waals surface area contributed by atoms with Crippen LogP contribution in [-0.4, -0.2) is 12.3 Å². The zero-order chi connectivity index (χ0) is 12.5. The van der Waals surface area contributed by atoms with Gasteiger partial charge in [0.05, 0.1) is 5.56 Å². The molecule has 1 aromatic rings. The number of carbonyl (C=O) groups is 1. The summed E-state index contributed by atoms with van der Waals surface area (Å²) in [6.07, 6.45) is 3.15. The van der Waals surface area contributed by atoms with Gasteiger partial charge in [0.25, 0.3) is 0 Å². The molecule has 1 aliphatic rings. The lowest BCUT2D eigenvalue weighted by atomic mass is 9.65. The first kappa shape index (κ1) is 12.2. The lowest BCUT2D eigenvalue weighted by Crippen LogP contribution is -2.39. The molecule has 0 atom stereocenters. The predicted molar refractivity (Wildman–Crippen MR) is 60.6 cm³/mol. The van der Waals surface area contributed by atoms with Gasteiger partial charge in [0, 0.05) is 12.5 Å². The molecule has 0 unspecified atom stereocenters. The molecule has 0 radical (unpaired) electrons. The van der Waals surface area contributed by atoms with Crippen LogP contribution in [0.2, 0.25) is 0 Å². The fraction of sp³-hybridized carbons (Fsp3) is 0.462. The Morgan fingerprint density at radius 1 is 1.35 bits per heavy atom. The number of hydrogen-bond donors (Lipinski definition) is 1. The van der Waals surface area contributed by atoms with E-state index in [2.05, 4.69) is 0 Å². The highest BCUT2D eigenvalue weighted by atomic mass is 19.1. The maximum atomic E-state index is 13.4. The number of ketones is 1. The molecule has 1 saturated carbocycles. The quantitative estimate of drug-likeness (QED) is 0.821. The summed E-state index contributed by atoms with van der Waals surface area (Å²) in [6.45, 7) is 0.446. The number of Topliss-reactive ketones (excluding diaryl/α,β-unsaturated/α-hetero) is 1. The summed E-state index contributed by atoms with van der Waals surface area (Å²) < 4.78 is 26.1. The van der Waals surface area contributed by atoms with Crippen LogP contribution in [0.25, 0.3) is 0 Å². The monoisotopic (exact) mass is 239 g/mol. The Hall–Kier alpha value is -1.29. The third-order valence-corrected chi connectivity index (χ3v) is 3.61. The summed E-state index contributed by atoms with van der Waals surface area (Å²) >= 11 is 0. The van der Waals surface area contributed by atoms with Gasteiger partial charge in [-0.25, -0.2) is 8.78 Å². The van der Waals surface area contributed by atoms with Crippen LogP contribution in [0.4, 0.5) is 8.78 Å². The Morgan fingerprint density at radius 2 is 2.06 bits per heavy atom. The molecule has 0 spiro atoms. The van der Waals surface area contributed by atoms with Gasteiger partial charge in [0.15, 0.2) is 5.78 Å². The first-order valence-electron chi connectivity index (χ1n) is 5.75. The van der Waals surface area contributed by atoms with Crippen LogP contribution in [0, 0.1) is 17.0 Å². The Kier molecular flexibility index (Phi) is 3.24. The molecule has 2 rings (SSSR count). The summed E-state index contributed by atoms with van der Waals surface area (Å²) in [6, 6.07) is 3.05. The van der Waals surface area contributed by atoms with E-state index in [9.17, 15) is 13.6 Å². The van der Waals surface area contributed by atoms with Crippen LogP contribution in [0.3, 0.4) is 0 Å². The molecule has 0 heterocycles. The fourth-order valence-electron chi connectivity index (χ4n) is 2.28. The van der Waals surface area contributed by atoms with Crippen molar-refractivity contribution in [1.82, 2.24) is 0 Å². The van der Waals surface area contributed by atoms with Crippen molar-refractivity contribution in [3.8, 4) is 0 Å². The Bertz CT molecular complexity index is 436. The highest BCUT2D eigenvalue weighted by Crippen LogP contribution is 2.43. The van der Waals surface area contributed by atoms with Gasteiger partial charge in [-0.1, -0.05) is 6.42 Å².